The highest BCUT2D eigenvalue weighted by Crippen LogP contribution is 2.15. The molecule has 0 aliphatic carbocycles. The summed E-state index contributed by atoms with van der Waals surface area (Å²) in [5, 5.41) is 3.33. The Bertz CT molecular complexity index is 205. The Hall–Kier alpha value is -0.280. The predicted octanol–water partition coefficient (Wildman–Crippen LogP) is 2.05. The van der Waals surface area contributed by atoms with Gasteiger partial charge in [0.25, 0.3) is 0 Å². The number of hydrogen-bond donors (Lipinski definition) is 1. The van der Waals surface area contributed by atoms with E-state index in [9.17, 15) is 4.79 Å². The minimum absolute atomic E-state index is 0. The smallest absolute Gasteiger partial charge is 0.222 e. The molecule has 0 spiro atoms. The van der Waals surface area contributed by atoms with Gasteiger partial charge in [0.15, 0.2) is 0 Å². The third-order valence-corrected chi connectivity index (χ3v) is 3.57. The van der Waals surface area contributed by atoms with Crippen LogP contribution in [0.3, 0.4) is 0 Å². The van der Waals surface area contributed by atoms with Gasteiger partial charge in [-0.25, -0.2) is 0 Å². The molecule has 1 aliphatic rings. The van der Waals surface area contributed by atoms with E-state index in [0.29, 0.717) is 18.4 Å². The number of hydrogen-bond acceptors (Lipinski definition) is 2. The van der Waals surface area contributed by atoms with Crippen LogP contribution in [0.15, 0.2) is 0 Å². The molecule has 0 aromatic rings. The zero-order valence-corrected chi connectivity index (χ0v) is 11.5. The summed E-state index contributed by atoms with van der Waals surface area (Å²) in [6.45, 7) is 6.45. The molecule has 2 unspecified atom stereocenters. The van der Waals surface area contributed by atoms with E-state index in [1.54, 1.807) is 0 Å². The Labute approximate surface area is 105 Å². The van der Waals surface area contributed by atoms with Crippen LogP contribution in [0.4, 0.5) is 0 Å². The number of rotatable bonds is 5. The molecule has 1 aliphatic heterocycles. The molecule has 0 aromatic heterocycles. The molecule has 0 radical (unpaired) electrons. The first kappa shape index (κ1) is 15.7. The molecule has 2 atom stereocenters. The molecule has 96 valence electrons. The Morgan fingerprint density at radius 1 is 1.56 bits per heavy atom. The van der Waals surface area contributed by atoms with Crippen molar-refractivity contribution in [2.24, 2.45) is 5.92 Å². The fourth-order valence-electron chi connectivity index (χ4n) is 1.98. The lowest BCUT2D eigenvalue weighted by Crippen LogP contribution is -2.34. The summed E-state index contributed by atoms with van der Waals surface area (Å²) in [5.41, 5.74) is 0. The van der Waals surface area contributed by atoms with Gasteiger partial charge in [-0.1, -0.05) is 6.92 Å². The normalized spacial score (nSPS) is 21.3. The van der Waals surface area contributed by atoms with E-state index in [1.807, 2.05) is 11.9 Å². The lowest BCUT2D eigenvalue weighted by Gasteiger charge is -2.24. The first-order valence-electron chi connectivity index (χ1n) is 6.11. The van der Waals surface area contributed by atoms with Gasteiger partial charge in [0.2, 0.25) is 5.91 Å². The third-order valence-electron chi connectivity index (χ3n) is 3.57. The van der Waals surface area contributed by atoms with Crippen LogP contribution in [-0.4, -0.2) is 37.0 Å². The summed E-state index contributed by atoms with van der Waals surface area (Å²) in [7, 11) is 1.92. The number of carbonyl (C=O) groups excluding carboxylic acids is 1. The van der Waals surface area contributed by atoms with Gasteiger partial charge in [-0.3, -0.25) is 4.79 Å². The van der Waals surface area contributed by atoms with Gasteiger partial charge in [0.1, 0.15) is 0 Å². The van der Waals surface area contributed by atoms with E-state index in [4.69, 9.17) is 0 Å². The van der Waals surface area contributed by atoms with E-state index in [2.05, 4.69) is 19.2 Å². The predicted molar refractivity (Wildman–Crippen MR) is 70.0 cm³/mol. The molecule has 1 heterocycles. The van der Waals surface area contributed by atoms with Crippen molar-refractivity contribution in [2.45, 2.75) is 45.6 Å². The van der Waals surface area contributed by atoms with Gasteiger partial charge in [0.05, 0.1) is 0 Å². The quantitative estimate of drug-likeness (QED) is 0.808. The summed E-state index contributed by atoms with van der Waals surface area (Å²) in [4.78, 5) is 13.7. The maximum Gasteiger partial charge on any atom is 0.222 e. The molecule has 16 heavy (non-hydrogen) atoms. The topological polar surface area (TPSA) is 32.3 Å². The van der Waals surface area contributed by atoms with Crippen LogP contribution < -0.4 is 5.32 Å². The highest BCUT2D eigenvalue weighted by atomic mass is 35.5. The molecule has 1 amide bonds. The van der Waals surface area contributed by atoms with Crippen molar-refractivity contribution < 1.29 is 4.79 Å². The van der Waals surface area contributed by atoms with Crippen LogP contribution >= 0.6 is 12.4 Å². The van der Waals surface area contributed by atoms with Gasteiger partial charge >= 0.3 is 0 Å². The molecule has 1 saturated heterocycles. The van der Waals surface area contributed by atoms with Gasteiger partial charge in [0, 0.05) is 19.5 Å². The summed E-state index contributed by atoms with van der Waals surface area (Å²) in [5.74, 6) is 1.02. The molecule has 0 aromatic carbocycles. The van der Waals surface area contributed by atoms with E-state index in [-0.39, 0.29) is 12.4 Å². The Morgan fingerprint density at radius 2 is 2.25 bits per heavy atom. The van der Waals surface area contributed by atoms with E-state index < -0.39 is 0 Å². The molecule has 1 rings (SSSR count). The first-order valence-corrected chi connectivity index (χ1v) is 6.11. The van der Waals surface area contributed by atoms with Crippen LogP contribution in [-0.2, 0) is 4.79 Å². The lowest BCUT2D eigenvalue weighted by atomic mass is 10.0. The Kier molecular flexibility index (Phi) is 7.77. The average molecular weight is 249 g/mol. The van der Waals surface area contributed by atoms with E-state index in [1.165, 1.54) is 6.42 Å². The number of amides is 1. The maximum absolute atomic E-state index is 11.8. The minimum Gasteiger partial charge on any atom is -0.343 e. The zero-order chi connectivity index (χ0) is 11.3. The molecular formula is C12H25ClN2O. The summed E-state index contributed by atoms with van der Waals surface area (Å²) >= 11 is 0. The summed E-state index contributed by atoms with van der Waals surface area (Å²) < 4.78 is 0. The minimum atomic E-state index is 0. The van der Waals surface area contributed by atoms with Gasteiger partial charge in [-0.2, -0.15) is 0 Å². The van der Waals surface area contributed by atoms with Gasteiger partial charge in [-0.15, -0.1) is 12.4 Å². The maximum atomic E-state index is 11.8. The third kappa shape index (κ3) is 4.71. The van der Waals surface area contributed by atoms with E-state index >= 15 is 0 Å². The van der Waals surface area contributed by atoms with Crippen LogP contribution in [0.1, 0.15) is 39.5 Å². The molecule has 1 N–H and O–H groups in total. The lowest BCUT2D eigenvalue weighted by molar-refractivity contribution is -0.132. The van der Waals surface area contributed by atoms with Crippen LogP contribution in [0.5, 0.6) is 0 Å². The fraction of sp³-hybridized carbons (Fsp3) is 0.917. The second-order valence-electron chi connectivity index (χ2n) is 4.66. The second kappa shape index (κ2) is 7.91. The van der Waals surface area contributed by atoms with Crippen molar-refractivity contribution >= 4 is 18.3 Å². The van der Waals surface area contributed by atoms with Gasteiger partial charge in [-0.05, 0) is 45.2 Å². The summed E-state index contributed by atoms with van der Waals surface area (Å²) in [6.07, 6.45) is 4.04. The van der Waals surface area contributed by atoms with E-state index in [0.717, 1.165) is 31.8 Å². The van der Waals surface area contributed by atoms with Crippen LogP contribution in [0, 0.1) is 5.92 Å². The van der Waals surface area contributed by atoms with Crippen molar-refractivity contribution in [1.82, 2.24) is 10.2 Å². The van der Waals surface area contributed by atoms with Crippen molar-refractivity contribution in [3.63, 3.8) is 0 Å². The number of halogens is 1. The second-order valence-corrected chi connectivity index (χ2v) is 4.66. The van der Waals surface area contributed by atoms with Crippen molar-refractivity contribution in [1.29, 1.82) is 0 Å². The summed E-state index contributed by atoms with van der Waals surface area (Å²) in [6, 6.07) is 0.374. The molecule has 1 fully saturated rings. The molecule has 0 bridgehead atoms. The molecule has 0 saturated carbocycles. The average Bonchev–Trinajstić information content (AvgIpc) is 2.76. The molecule has 4 heteroatoms. The SMILES string of the molecule is CCC(C)N(C)C(=O)CCC1CCNC1.Cl. The van der Waals surface area contributed by atoms with Crippen LogP contribution in [0.25, 0.3) is 0 Å². The van der Waals surface area contributed by atoms with Crippen molar-refractivity contribution in [2.75, 3.05) is 20.1 Å². The largest absolute Gasteiger partial charge is 0.343 e. The standard InChI is InChI=1S/C12H24N2O.ClH/c1-4-10(2)14(3)12(15)6-5-11-7-8-13-9-11;/h10-11,13H,4-9H2,1-3H3;1H. The Morgan fingerprint density at radius 3 is 2.75 bits per heavy atom. The van der Waals surface area contributed by atoms with Crippen LogP contribution in [0.2, 0.25) is 0 Å². The van der Waals surface area contributed by atoms with Gasteiger partial charge < -0.3 is 10.2 Å². The Balaban J connectivity index is 0.00000225. The highest BCUT2D eigenvalue weighted by molar-refractivity contribution is 5.85. The molecule has 3 nitrogen and oxygen atoms in total. The van der Waals surface area contributed by atoms with Crippen molar-refractivity contribution in [3.8, 4) is 0 Å². The number of nitrogens with zero attached hydrogens (tertiary/aromatic N) is 1. The highest BCUT2D eigenvalue weighted by Gasteiger charge is 2.18. The number of carbonyl (C=O) groups is 1. The zero-order valence-electron chi connectivity index (χ0n) is 10.7. The monoisotopic (exact) mass is 248 g/mol. The van der Waals surface area contributed by atoms with Crippen molar-refractivity contribution in [3.05, 3.63) is 0 Å². The molecular weight excluding hydrogens is 224 g/mol. The fourth-order valence-corrected chi connectivity index (χ4v) is 1.98. The number of nitrogens with one attached hydrogen (secondary N) is 1. The first-order chi connectivity index (χ1) is 7.15.